The SMILES string of the molecule is Cc1c(C(=O)NC(C)(C)C)nnn1C(C)C(C)C. The molecule has 1 N–H and O–H groups in total. The third-order valence-corrected chi connectivity index (χ3v) is 2.98. The van der Waals surface area contributed by atoms with E-state index >= 15 is 0 Å². The summed E-state index contributed by atoms with van der Waals surface area (Å²) in [4.78, 5) is 12.1. The lowest BCUT2D eigenvalue weighted by Gasteiger charge is -2.20. The first-order valence-electron chi connectivity index (χ1n) is 6.37. The van der Waals surface area contributed by atoms with Gasteiger partial charge in [-0.3, -0.25) is 4.79 Å². The molecule has 0 aliphatic rings. The van der Waals surface area contributed by atoms with Crippen LogP contribution in [0.2, 0.25) is 0 Å². The lowest BCUT2D eigenvalue weighted by molar-refractivity contribution is 0.0913. The molecule has 1 aromatic rings. The Morgan fingerprint density at radius 3 is 2.28 bits per heavy atom. The summed E-state index contributed by atoms with van der Waals surface area (Å²) in [6.45, 7) is 14.1. The van der Waals surface area contributed by atoms with Gasteiger partial charge in [-0.2, -0.15) is 0 Å². The molecule has 0 aliphatic carbocycles. The third kappa shape index (κ3) is 3.31. The van der Waals surface area contributed by atoms with Crippen LogP contribution in [0.25, 0.3) is 0 Å². The molecule has 0 saturated carbocycles. The molecular formula is C13H24N4O. The molecule has 18 heavy (non-hydrogen) atoms. The summed E-state index contributed by atoms with van der Waals surface area (Å²) in [5, 5.41) is 11.0. The van der Waals surface area contributed by atoms with Gasteiger partial charge < -0.3 is 5.32 Å². The van der Waals surface area contributed by atoms with Gasteiger partial charge in [0.05, 0.1) is 11.7 Å². The Kier molecular flexibility index (Phi) is 4.14. The number of nitrogens with zero attached hydrogens (tertiary/aromatic N) is 3. The van der Waals surface area contributed by atoms with E-state index in [-0.39, 0.29) is 17.5 Å². The average Bonchev–Trinajstić information content (AvgIpc) is 2.56. The Morgan fingerprint density at radius 1 is 1.28 bits per heavy atom. The van der Waals surface area contributed by atoms with Crippen molar-refractivity contribution in [2.75, 3.05) is 0 Å². The standard InChI is InChI=1S/C13H24N4O/c1-8(2)9(3)17-10(4)11(15-16-17)12(18)14-13(5,6)7/h8-9H,1-7H3,(H,14,18). The van der Waals surface area contributed by atoms with Gasteiger partial charge >= 0.3 is 0 Å². The molecule has 0 aliphatic heterocycles. The lowest BCUT2D eigenvalue weighted by Crippen LogP contribution is -2.41. The fraction of sp³-hybridized carbons (Fsp3) is 0.769. The molecular weight excluding hydrogens is 228 g/mol. The first-order chi connectivity index (χ1) is 8.13. The molecule has 0 radical (unpaired) electrons. The van der Waals surface area contributed by atoms with Crippen LogP contribution in [-0.2, 0) is 0 Å². The minimum atomic E-state index is -0.267. The van der Waals surface area contributed by atoms with Gasteiger partial charge in [-0.1, -0.05) is 19.1 Å². The van der Waals surface area contributed by atoms with E-state index in [1.165, 1.54) is 0 Å². The number of rotatable bonds is 3. The number of carbonyl (C=O) groups is 1. The lowest BCUT2D eigenvalue weighted by atomic mass is 10.1. The number of carbonyl (C=O) groups excluding carboxylic acids is 1. The first kappa shape index (κ1) is 14.7. The third-order valence-electron chi connectivity index (χ3n) is 2.98. The molecule has 0 spiro atoms. The van der Waals surface area contributed by atoms with Crippen LogP contribution in [0.3, 0.4) is 0 Å². The normalized spacial score (nSPS) is 13.8. The predicted molar refractivity (Wildman–Crippen MR) is 71.5 cm³/mol. The molecule has 5 heteroatoms. The average molecular weight is 252 g/mol. The Balaban J connectivity index is 2.97. The van der Waals surface area contributed by atoms with E-state index in [1.807, 2.05) is 32.4 Å². The van der Waals surface area contributed by atoms with Gasteiger partial charge in [0.1, 0.15) is 0 Å². The minimum absolute atomic E-state index is 0.165. The zero-order valence-corrected chi connectivity index (χ0v) is 12.4. The quantitative estimate of drug-likeness (QED) is 0.898. The highest BCUT2D eigenvalue weighted by Gasteiger charge is 2.23. The second kappa shape index (κ2) is 5.08. The Bertz CT molecular complexity index is 429. The van der Waals surface area contributed by atoms with Gasteiger partial charge in [-0.25, -0.2) is 4.68 Å². The van der Waals surface area contributed by atoms with Crippen LogP contribution in [0.5, 0.6) is 0 Å². The van der Waals surface area contributed by atoms with E-state index in [0.29, 0.717) is 11.6 Å². The van der Waals surface area contributed by atoms with Gasteiger partial charge in [0.25, 0.3) is 5.91 Å². The number of nitrogens with one attached hydrogen (secondary N) is 1. The van der Waals surface area contributed by atoms with Gasteiger partial charge in [0.15, 0.2) is 5.69 Å². The summed E-state index contributed by atoms with van der Waals surface area (Å²) >= 11 is 0. The fourth-order valence-corrected chi connectivity index (χ4v) is 1.62. The molecule has 0 fully saturated rings. The molecule has 1 rings (SSSR count). The van der Waals surface area contributed by atoms with E-state index in [0.717, 1.165) is 5.69 Å². The molecule has 1 heterocycles. The molecule has 5 nitrogen and oxygen atoms in total. The topological polar surface area (TPSA) is 59.8 Å². The van der Waals surface area contributed by atoms with E-state index < -0.39 is 0 Å². The van der Waals surface area contributed by atoms with Crippen LogP contribution in [0.1, 0.15) is 63.8 Å². The van der Waals surface area contributed by atoms with Crippen molar-refractivity contribution in [2.45, 2.75) is 60.0 Å². The number of amides is 1. The number of hydrogen-bond donors (Lipinski definition) is 1. The molecule has 1 unspecified atom stereocenters. The molecule has 1 atom stereocenters. The van der Waals surface area contributed by atoms with Crippen molar-refractivity contribution in [2.24, 2.45) is 5.92 Å². The summed E-state index contributed by atoms with van der Waals surface area (Å²) < 4.78 is 1.82. The van der Waals surface area contributed by atoms with Crippen LogP contribution in [-0.4, -0.2) is 26.4 Å². The van der Waals surface area contributed by atoms with Crippen molar-refractivity contribution in [3.05, 3.63) is 11.4 Å². The van der Waals surface area contributed by atoms with Crippen LogP contribution < -0.4 is 5.32 Å². The van der Waals surface area contributed by atoms with Gasteiger partial charge in [0, 0.05) is 5.54 Å². The van der Waals surface area contributed by atoms with Crippen molar-refractivity contribution in [1.29, 1.82) is 0 Å². The molecule has 1 aromatic heterocycles. The number of hydrogen-bond acceptors (Lipinski definition) is 3. The van der Waals surface area contributed by atoms with Crippen molar-refractivity contribution >= 4 is 5.91 Å². The Morgan fingerprint density at radius 2 is 1.83 bits per heavy atom. The summed E-state index contributed by atoms with van der Waals surface area (Å²) in [6, 6.07) is 0.230. The maximum absolute atomic E-state index is 12.1. The highest BCUT2D eigenvalue weighted by molar-refractivity contribution is 5.93. The molecule has 0 bridgehead atoms. The second-order valence-corrected chi connectivity index (χ2v) is 6.16. The molecule has 1 amide bonds. The van der Waals surface area contributed by atoms with Crippen LogP contribution >= 0.6 is 0 Å². The summed E-state index contributed by atoms with van der Waals surface area (Å²) in [5.74, 6) is 0.283. The zero-order valence-electron chi connectivity index (χ0n) is 12.4. The minimum Gasteiger partial charge on any atom is -0.346 e. The van der Waals surface area contributed by atoms with Crippen LogP contribution in [0, 0.1) is 12.8 Å². The van der Waals surface area contributed by atoms with Gasteiger partial charge in [-0.15, -0.1) is 5.10 Å². The van der Waals surface area contributed by atoms with Crippen molar-refractivity contribution in [1.82, 2.24) is 20.3 Å². The van der Waals surface area contributed by atoms with E-state index in [1.54, 1.807) is 0 Å². The van der Waals surface area contributed by atoms with E-state index in [9.17, 15) is 4.79 Å². The summed E-state index contributed by atoms with van der Waals surface area (Å²) in [5.41, 5.74) is 0.965. The highest BCUT2D eigenvalue weighted by atomic mass is 16.2. The number of aromatic nitrogens is 3. The molecule has 0 aromatic carbocycles. The van der Waals surface area contributed by atoms with E-state index in [4.69, 9.17) is 0 Å². The van der Waals surface area contributed by atoms with Gasteiger partial charge in [-0.05, 0) is 40.5 Å². The molecule has 0 saturated heterocycles. The predicted octanol–water partition coefficient (Wildman–Crippen LogP) is 2.33. The summed E-state index contributed by atoms with van der Waals surface area (Å²) in [7, 11) is 0. The van der Waals surface area contributed by atoms with Crippen LogP contribution in [0.15, 0.2) is 0 Å². The zero-order chi connectivity index (χ0) is 14.1. The largest absolute Gasteiger partial charge is 0.346 e. The maximum atomic E-state index is 12.1. The molecule has 102 valence electrons. The summed E-state index contributed by atoms with van der Waals surface area (Å²) in [6.07, 6.45) is 0. The van der Waals surface area contributed by atoms with Crippen molar-refractivity contribution in [3.63, 3.8) is 0 Å². The Labute approximate surface area is 109 Å². The second-order valence-electron chi connectivity index (χ2n) is 6.16. The monoisotopic (exact) mass is 252 g/mol. The van der Waals surface area contributed by atoms with Gasteiger partial charge in [0.2, 0.25) is 0 Å². The fourth-order valence-electron chi connectivity index (χ4n) is 1.62. The van der Waals surface area contributed by atoms with Crippen molar-refractivity contribution < 1.29 is 4.79 Å². The first-order valence-corrected chi connectivity index (χ1v) is 6.37. The smallest absolute Gasteiger partial charge is 0.274 e. The van der Waals surface area contributed by atoms with Crippen LogP contribution in [0.4, 0.5) is 0 Å². The Hall–Kier alpha value is -1.39. The van der Waals surface area contributed by atoms with Crippen molar-refractivity contribution in [3.8, 4) is 0 Å². The van der Waals surface area contributed by atoms with E-state index in [2.05, 4.69) is 36.4 Å². The maximum Gasteiger partial charge on any atom is 0.274 e. The highest BCUT2D eigenvalue weighted by Crippen LogP contribution is 2.18.